The van der Waals surface area contributed by atoms with E-state index in [4.69, 9.17) is 9.84 Å². The molecule has 1 fully saturated rings. The van der Waals surface area contributed by atoms with E-state index in [0.717, 1.165) is 18.7 Å². The van der Waals surface area contributed by atoms with E-state index in [2.05, 4.69) is 9.88 Å². The molecular weight excluding hydrogens is 208 g/mol. The Hall–Kier alpha value is -1.46. The minimum absolute atomic E-state index is 0.435. The third-order valence-electron chi connectivity index (χ3n) is 2.55. The SMILES string of the molecule is O=C(O)[C@@H]1CN(Cc2cccnc2)CCO1. The summed E-state index contributed by atoms with van der Waals surface area (Å²) in [4.78, 5) is 16.9. The summed E-state index contributed by atoms with van der Waals surface area (Å²) in [5.41, 5.74) is 1.09. The van der Waals surface area contributed by atoms with E-state index in [1.165, 1.54) is 0 Å². The van der Waals surface area contributed by atoms with Crippen LogP contribution in [0.2, 0.25) is 0 Å². The predicted molar refractivity (Wildman–Crippen MR) is 56.9 cm³/mol. The van der Waals surface area contributed by atoms with E-state index in [-0.39, 0.29) is 0 Å². The Bertz CT molecular complexity index is 356. The number of carboxylic acid groups (broad SMARTS) is 1. The van der Waals surface area contributed by atoms with Gasteiger partial charge in [0.05, 0.1) is 6.61 Å². The first-order valence-electron chi connectivity index (χ1n) is 5.21. The number of ether oxygens (including phenoxy) is 1. The highest BCUT2D eigenvalue weighted by Gasteiger charge is 2.25. The van der Waals surface area contributed by atoms with Crippen molar-refractivity contribution in [2.45, 2.75) is 12.6 Å². The molecule has 1 N–H and O–H groups in total. The molecule has 2 heterocycles. The molecule has 0 radical (unpaired) electrons. The maximum Gasteiger partial charge on any atom is 0.334 e. The van der Waals surface area contributed by atoms with Crippen molar-refractivity contribution in [3.05, 3.63) is 30.1 Å². The van der Waals surface area contributed by atoms with Crippen molar-refractivity contribution in [3.8, 4) is 0 Å². The van der Waals surface area contributed by atoms with Gasteiger partial charge in [-0.1, -0.05) is 6.07 Å². The summed E-state index contributed by atoms with van der Waals surface area (Å²) in [5.74, 6) is -0.893. The van der Waals surface area contributed by atoms with Crippen LogP contribution in [0.15, 0.2) is 24.5 Å². The second kappa shape index (κ2) is 5.05. The molecule has 0 unspecified atom stereocenters. The maximum atomic E-state index is 10.8. The van der Waals surface area contributed by atoms with E-state index in [1.807, 2.05) is 12.1 Å². The van der Waals surface area contributed by atoms with Gasteiger partial charge in [0, 0.05) is 32.0 Å². The van der Waals surface area contributed by atoms with Crippen molar-refractivity contribution in [2.75, 3.05) is 19.7 Å². The summed E-state index contributed by atoms with van der Waals surface area (Å²) in [6.45, 7) is 2.39. The van der Waals surface area contributed by atoms with Crippen molar-refractivity contribution >= 4 is 5.97 Å². The number of hydrogen-bond donors (Lipinski definition) is 1. The van der Waals surface area contributed by atoms with Crippen LogP contribution in [-0.4, -0.2) is 46.8 Å². The quantitative estimate of drug-likeness (QED) is 0.800. The fourth-order valence-corrected chi connectivity index (χ4v) is 1.75. The van der Waals surface area contributed by atoms with Crippen molar-refractivity contribution in [2.24, 2.45) is 0 Å². The molecule has 1 saturated heterocycles. The third-order valence-corrected chi connectivity index (χ3v) is 2.55. The molecule has 1 aromatic heterocycles. The average Bonchev–Trinajstić information content (AvgIpc) is 2.30. The van der Waals surface area contributed by atoms with Crippen molar-refractivity contribution in [3.63, 3.8) is 0 Å². The highest BCUT2D eigenvalue weighted by atomic mass is 16.5. The molecule has 0 aliphatic carbocycles. The fourth-order valence-electron chi connectivity index (χ4n) is 1.75. The summed E-state index contributed by atoms with van der Waals surface area (Å²) in [7, 11) is 0. The zero-order valence-corrected chi connectivity index (χ0v) is 8.87. The Morgan fingerprint density at radius 3 is 3.25 bits per heavy atom. The fraction of sp³-hybridized carbons (Fsp3) is 0.455. The molecule has 5 nitrogen and oxygen atoms in total. The van der Waals surface area contributed by atoms with E-state index < -0.39 is 12.1 Å². The smallest absolute Gasteiger partial charge is 0.334 e. The lowest BCUT2D eigenvalue weighted by atomic mass is 10.2. The summed E-state index contributed by atoms with van der Waals surface area (Å²) >= 11 is 0. The van der Waals surface area contributed by atoms with Gasteiger partial charge in [-0.05, 0) is 11.6 Å². The summed E-state index contributed by atoms with van der Waals surface area (Å²) in [6, 6.07) is 3.86. The Morgan fingerprint density at radius 1 is 1.69 bits per heavy atom. The van der Waals surface area contributed by atoms with E-state index in [0.29, 0.717) is 13.2 Å². The molecule has 1 aromatic rings. The zero-order valence-electron chi connectivity index (χ0n) is 8.87. The monoisotopic (exact) mass is 222 g/mol. The van der Waals surface area contributed by atoms with Gasteiger partial charge < -0.3 is 9.84 Å². The number of aromatic nitrogens is 1. The molecule has 16 heavy (non-hydrogen) atoms. The Labute approximate surface area is 93.7 Å². The largest absolute Gasteiger partial charge is 0.479 e. The normalized spacial score (nSPS) is 21.9. The predicted octanol–water partition coefficient (Wildman–Crippen LogP) is 0.367. The first kappa shape index (κ1) is 11.0. The van der Waals surface area contributed by atoms with E-state index in [9.17, 15) is 4.79 Å². The Balaban J connectivity index is 1.93. The number of rotatable bonds is 3. The maximum absolute atomic E-state index is 10.8. The van der Waals surface area contributed by atoms with Gasteiger partial charge in [0.1, 0.15) is 0 Å². The van der Waals surface area contributed by atoms with Crippen LogP contribution in [-0.2, 0) is 16.1 Å². The van der Waals surface area contributed by atoms with Crippen LogP contribution in [0.3, 0.4) is 0 Å². The van der Waals surface area contributed by atoms with Crippen molar-refractivity contribution < 1.29 is 14.6 Å². The number of morpholine rings is 1. The second-order valence-corrected chi connectivity index (χ2v) is 3.79. The van der Waals surface area contributed by atoms with Crippen molar-refractivity contribution in [1.82, 2.24) is 9.88 Å². The highest BCUT2D eigenvalue weighted by Crippen LogP contribution is 2.09. The standard InChI is InChI=1S/C11H14N2O3/c14-11(15)10-8-13(4-5-16-10)7-9-2-1-3-12-6-9/h1-3,6,10H,4-5,7-8H2,(H,14,15)/t10-/m0/s1. The molecule has 1 atom stereocenters. The summed E-state index contributed by atoms with van der Waals surface area (Å²) < 4.78 is 5.15. The number of aliphatic carboxylic acids is 1. The van der Waals surface area contributed by atoms with Gasteiger partial charge in [-0.3, -0.25) is 9.88 Å². The lowest BCUT2D eigenvalue weighted by Crippen LogP contribution is -2.45. The molecule has 0 bridgehead atoms. The van der Waals surface area contributed by atoms with Crippen molar-refractivity contribution in [1.29, 1.82) is 0 Å². The minimum Gasteiger partial charge on any atom is -0.479 e. The molecule has 0 saturated carbocycles. The molecule has 2 rings (SSSR count). The van der Waals surface area contributed by atoms with Crippen LogP contribution in [0.4, 0.5) is 0 Å². The molecule has 1 aliphatic rings. The number of pyridine rings is 1. The molecule has 0 amide bonds. The zero-order chi connectivity index (χ0) is 11.4. The molecule has 0 aromatic carbocycles. The van der Waals surface area contributed by atoms with Gasteiger partial charge in [0.25, 0.3) is 0 Å². The number of carbonyl (C=O) groups is 1. The van der Waals surface area contributed by atoms with Gasteiger partial charge in [-0.2, -0.15) is 0 Å². The van der Waals surface area contributed by atoms with Crippen LogP contribution < -0.4 is 0 Å². The second-order valence-electron chi connectivity index (χ2n) is 3.79. The highest BCUT2D eigenvalue weighted by molar-refractivity contribution is 5.72. The van der Waals surface area contributed by atoms with Gasteiger partial charge in [-0.25, -0.2) is 4.79 Å². The number of carboxylic acids is 1. The molecule has 5 heteroatoms. The Kier molecular flexibility index (Phi) is 3.48. The lowest BCUT2D eigenvalue weighted by Gasteiger charge is -2.30. The molecule has 1 aliphatic heterocycles. The summed E-state index contributed by atoms with van der Waals surface area (Å²) in [5, 5.41) is 8.86. The van der Waals surface area contributed by atoms with Crippen LogP contribution in [0.1, 0.15) is 5.56 Å². The van der Waals surface area contributed by atoms with E-state index >= 15 is 0 Å². The molecular formula is C11H14N2O3. The third kappa shape index (κ3) is 2.77. The summed E-state index contributed by atoms with van der Waals surface area (Å²) in [6.07, 6.45) is 2.82. The number of nitrogens with zero attached hydrogens (tertiary/aromatic N) is 2. The Morgan fingerprint density at radius 2 is 2.56 bits per heavy atom. The number of hydrogen-bond acceptors (Lipinski definition) is 4. The topological polar surface area (TPSA) is 62.7 Å². The average molecular weight is 222 g/mol. The molecule has 0 spiro atoms. The van der Waals surface area contributed by atoms with E-state index in [1.54, 1.807) is 12.4 Å². The van der Waals surface area contributed by atoms with Gasteiger partial charge in [0.15, 0.2) is 6.10 Å². The van der Waals surface area contributed by atoms with Gasteiger partial charge in [0.2, 0.25) is 0 Å². The van der Waals surface area contributed by atoms with Crippen LogP contribution in [0, 0.1) is 0 Å². The van der Waals surface area contributed by atoms with Crippen LogP contribution in [0.25, 0.3) is 0 Å². The lowest BCUT2D eigenvalue weighted by molar-refractivity contribution is -0.156. The first-order chi connectivity index (χ1) is 7.75. The van der Waals surface area contributed by atoms with Gasteiger partial charge >= 0.3 is 5.97 Å². The molecule has 86 valence electrons. The first-order valence-corrected chi connectivity index (χ1v) is 5.21. The van der Waals surface area contributed by atoms with Crippen LogP contribution in [0.5, 0.6) is 0 Å². The van der Waals surface area contributed by atoms with Crippen LogP contribution >= 0.6 is 0 Å². The minimum atomic E-state index is -0.893. The van der Waals surface area contributed by atoms with Gasteiger partial charge in [-0.15, -0.1) is 0 Å².